The molecule has 2 aromatic carbocycles. The summed E-state index contributed by atoms with van der Waals surface area (Å²) >= 11 is 0. The van der Waals surface area contributed by atoms with Crippen LogP contribution < -0.4 is 10.0 Å². The van der Waals surface area contributed by atoms with Crippen LogP contribution in [-0.4, -0.2) is 31.5 Å². The van der Waals surface area contributed by atoms with E-state index in [0.717, 1.165) is 33.3 Å². The Morgan fingerprint density at radius 2 is 1.55 bits per heavy atom. The number of carbonyl (C=O) groups is 1. The Morgan fingerprint density at radius 1 is 0.955 bits per heavy atom. The van der Waals surface area contributed by atoms with Crippen molar-refractivity contribution in [1.29, 1.82) is 0 Å². The van der Waals surface area contributed by atoms with Crippen LogP contribution in [0.15, 0.2) is 30.3 Å². The predicted octanol–water partition coefficient (Wildman–Crippen LogP) is 3.42. The summed E-state index contributed by atoms with van der Waals surface area (Å²) in [6.07, 6.45) is 0. The molecule has 0 aliphatic carbocycles. The molecule has 0 fully saturated rings. The third-order valence-corrected chi connectivity index (χ3v) is 4.89. The van der Waals surface area contributed by atoms with Gasteiger partial charge in [-0.3, -0.25) is 4.79 Å². The zero-order valence-corrected chi connectivity index (χ0v) is 14.2. The second-order valence-corrected chi connectivity index (χ2v) is 6.65. The van der Waals surface area contributed by atoms with Crippen LogP contribution in [-0.2, 0) is 0 Å². The molecule has 1 unspecified atom stereocenters. The van der Waals surface area contributed by atoms with Crippen molar-refractivity contribution in [3.63, 3.8) is 0 Å². The molecule has 0 aliphatic rings. The zero-order valence-electron chi connectivity index (χ0n) is 13.2. The van der Waals surface area contributed by atoms with Gasteiger partial charge in [0, 0.05) is 5.56 Å². The fourth-order valence-corrected chi connectivity index (χ4v) is 3.83. The van der Waals surface area contributed by atoms with Crippen molar-refractivity contribution in [2.24, 2.45) is 0 Å². The molecule has 0 aromatic heterocycles. The van der Waals surface area contributed by atoms with Gasteiger partial charge >= 0.3 is 18.9 Å². The Balaban J connectivity index is 0.00000242. The molecule has 0 radical (unpaired) electrons. The summed E-state index contributed by atoms with van der Waals surface area (Å²) in [5.41, 5.74) is 5.51. The molecular formula is C18H22LiO2P. The number of methoxy groups -OCH3 is 1. The van der Waals surface area contributed by atoms with Gasteiger partial charge in [-0.15, -0.1) is 0 Å². The first-order chi connectivity index (χ1) is 9.92. The normalized spacial score (nSPS) is 10.6. The summed E-state index contributed by atoms with van der Waals surface area (Å²) in [6.45, 7) is 8.11. The van der Waals surface area contributed by atoms with E-state index in [4.69, 9.17) is 4.74 Å². The van der Waals surface area contributed by atoms with Crippen molar-refractivity contribution in [1.82, 2.24) is 0 Å². The maximum atomic E-state index is 12.7. The molecule has 2 rings (SSSR count). The molecule has 0 aliphatic heterocycles. The predicted molar refractivity (Wildman–Crippen MR) is 97.8 cm³/mol. The molecule has 2 nitrogen and oxygen atoms in total. The fraction of sp³-hybridized carbons (Fsp3) is 0.278. The summed E-state index contributed by atoms with van der Waals surface area (Å²) in [4.78, 5) is 12.7. The molecule has 0 heterocycles. The average Bonchev–Trinajstić information content (AvgIpc) is 2.39. The van der Waals surface area contributed by atoms with Gasteiger partial charge < -0.3 is 4.74 Å². The molecule has 0 amide bonds. The Hall–Kier alpha value is -1.06. The molecule has 4 heteroatoms. The number of hydrogen-bond acceptors (Lipinski definition) is 2. The minimum absolute atomic E-state index is 0. The second-order valence-electron chi connectivity index (χ2n) is 5.41. The van der Waals surface area contributed by atoms with Crippen LogP contribution in [0, 0.1) is 27.7 Å². The van der Waals surface area contributed by atoms with Crippen molar-refractivity contribution < 1.29 is 9.53 Å². The molecule has 2 aromatic rings. The zero-order chi connectivity index (χ0) is 15.6. The molecular weight excluding hydrogens is 286 g/mol. The minimum atomic E-state index is 0. The van der Waals surface area contributed by atoms with Gasteiger partial charge in [0.05, 0.1) is 7.11 Å². The first-order valence-electron chi connectivity index (χ1n) is 6.96. The van der Waals surface area contributed by atoms with Crippen molar-refractivity contribution in [2.75, 3.05) is 7.11 Å². The summed E-state index contributed by atoms with van der Waals surface area (Å²) in [6, 6.07) is 10.0. The van der Waals surface area contributed by atoms with Gasteiger partial charge in [0.1, 0.15) is 5.75 Å². The number of carbonyl (C=O) groups excluding carboxylic acids is 1. The average molecular weight is 308 g/mol. The molecule has 0 bridgehead atoms. The van der Waals surface area contributed by atoms with E-state index in [1.807, 2.05) is 39.0 Å². The van der Waals surface area contributed by atoms with Gasteiger partial charge in [-0.1, -0.05) is 23.8 Å². The van der Waals surface area contributed by atoms with Gasteiger partial charge in [-0.05, 0) is 70.4 Å². The van der Waals surface area contributed by atoms with Crippen molar-refractivity contribution in [3.8, 4) is 5.75 Å². The van der Waals surface area contributed by atoms with Gasteiger partial charge in [0.2, 0.25) is 0 Å². The topological polar surface area (TPSA) is 26.3 Å². The Kier molecular flexibility index (Phi) is 6.88. The molecule has 0 saturated heterocycles. The van der Waals surface area contributed by atoms with Crippen molar-refractivity contribution in [3.05, 3.63) is 58.1 Å². The fourth-order valence-electron chi connectivity index (χ4n) is 2.63. The van der Waals surface area contributed by atoms with Crippen LogP contribution in [0.4, 0.5) is 0 Å². The Labute approximate surface area is 146 Å². The number of hydrogen-bond donors (Lipinski definition) is 0. The van der Waals surface area contributed by atoms with Crippen LogP contribution in [0.2, 0.25) is 0 Å². The molecule has 0 spiro atoms. The van der Waals surface area contributed by atoms with E-state index < -0.39 is 0 Å². The van der Waals surface area contributed by atoms with E-state index in [9.17, 15) is 4.79 Å². The van der Waals surface area contributed by atoms with E-state index in [0.29, 0.717) is 0 Å². The standard InChI is InChI=1S/C18H21O2P.Li.H/c1-11-8-13(3)17(14(4)9-11)18(19)21-16-7-6-15(20-5)10-12(16)2;;/h6-10,21H,1-5H3;;. The van der Waals surface area contributed by atoms with Crippen molar-refractivity contribution >= 4 is 38.3 Å². The molecule has 22 heavy (non-hydrogen) atoms. The summed E-state index contributed by atoms with van der Waals surface area (Å²) < 4.78 is 5.21. The van der Waals surface area contributed by atoms with Crippen LogP contribution in [0.25, 0.3) is 0 Å². The monoisotopic (exact) mass is 308 g/mol. The second kappa shape index (κ2) is 7.98. The third-order valence-electron chi connectivity index (χ3n) is 3.59. The SMILES string of the molecule is COc1ccc(PC(=O)c2c(C)cc(C)cc2C)c(C)c1.[LiH]. The van der Waals surface area contributed by atoms with Crippen LogP contribution in [0.5, 0.6) is 5.75 Å². The van der Waals surface area contributed by atoms with Crippen molar-refractivity contribution in [2.45, 2.75) is 27.7 Å². The van der Waals surface area contributed by atoms with Crippen LogP contribution >= 0.6 is 8.58 Å². The van der Waals surface area contributed by atoms with E-state index in [2.05, 4.69) is 19.1 Å². The van der Waals surface area contributed by atoms with Crippen LogP contribution in [0.3, 0.4) is 0 Å². The molecule has 0 saturated carbocycles. The Bertz CT molecular complexity index is 672. The van der Waals surface area contributed by atoms with Crippen LogP contribution in [0.1, 0.15) is 32.6 Å². The molecule has 112 valence electrons. The number of ether oxygens (including phenoxy) is 1. The number of rotatable bonds is 4. The van der Waals surface area contributed by atoms with E-state index >= 15 is 0 Å². The molecule has 0 N–H and O–H groups in total. The van der Waals surface area contributed by atoms with E-state index in [1.54, 1.807) is 7.11 Å². The quantitative estimate of drug-likeness (QED) is 0.639. The third kappa shape index (κ3) is 4.23. The van der Waals surface area contributed by atoms with E-state index in [-0.39, 0.29) is 33.0 Å². The van der Waals surface area contributed by atoms with Gasteiger partial charge in [-0.2, -0.15) is 0 Å². The first-order valence-corrected chi connectivity index (χ1v) is 7.96. The number of benzene rings is 2. The Morgan fingerprint density at radius 3 is 2.05 bits per heavy atom. The van der Waals surface area contributed by atoms with E-state index in [1.165, 1.54) is 5.56 Å². The summed E-state index contributed by atoms with van der Waals surface area (Å²) in [5, 5.41) is 1.08. The van der Waals surface area contributed by atoms with Gasteiger partial charge in [-0.25, -0.2) is 0 Å². The molecule has 1 atom stereocenters. The summed E-state index contributed by atoms with van der Waals surface area (Å²) in [7, 11) is 1.80. The maximum absolute atomic E-state index is 12.7. The van der Waals surface area contributed by atoms with Gasteiger partial charge in [0.25, 0.3) is 0 Å². The van der Waals surface area contributed by atoms with Gasteiger partial charge in [0.15, 0.2) is 5.52 Å². The first kappa shape index (κ1) is 19.0. The summed E-state index contributed by atoms with van der Waals surface area (Å²) in [5.74, 6) is 0.830. The number of aryl methyl sites for hydroxylation is 4.